The zero-order valence-electron chi connectivity index (χ0n) is 12.4. The van der Waals surface area contributed by atoms with Gasteiger partial charge in [-0.2, -0.15) is 0 Å². The van der Waals surface area contributed by atoms with E-state index in [2.05, 4.69) is 42.2 Å². The van der Waals surface area contributed by atoms with Gasteiger partial charge in [0.2, 0.25) is 0 Å². The number of hydrogen-bond acceptors (Lipinski definition) is 2. The van der Waals surface area contributed by atoms with E-state index in [4.69, 9.17) is 9.84 Å². The summed E-state index contributed by atoms with van der Waals surface area (Å²) in [5, 5.41) is 9.38. The molecule has 2 unspecified atom stereocenters. The van der Waals surface area contributed by atoms with Gasteiger partial charge < -0.3 is 9.84 Å². The molecule has 1 N–H and O–H groups in total. The summed E-state index contributed by atoms with van der Waals surface area (Å²) in [6.45, 7) is 18.4. The first-order valence-electron chi connectivity index (χ1n) is 6.29. The van der Waals surface area contributed by atoms with Crippen molar-refractivity contribution in [3.8, 4) is 0 Å². The number of rotatable bonds is 8. The number of hydrogen-bond donors (Lipinski definition) is 1. The van der Waals surface area contributed by atoms with E-state index in [0.717, 1.165) is 11.8 Å². The van der Waals surface area contributed by atoms with Crippen molar-refractivity contribution in [3.05, 3.63) is 50.6 Å². The van der Waals surface area contributed by atoms with Crippen LogP contribution in [0.2, 0.25) is 0 Å². The molecule has 0 radical (unpaired) electrons. The van der Waals surface area contributed by atoms with E-state index < -0.39 is 0 Å². The van der Waals surface area contributed by atoms with Crippen LogP contribution < -0.4 is 0 Å². The molecule has 112 valence electrons. The van der Waals surface area contributed by atoms with Gasteiger partial charge in [0.15, 0.2) is 0 Å². The Morgan fingerprint density at radius 2 is 1.47 bits per heavy atom. The smallest absolute Gasteiger partial charge is 0.0648 e. The molecule has 2 nitrogen and oxygen atoms in total. The Morgan fingerprint density at radius 1 is 1.00 bits per heavy atom. The van der Waals surface area contributed by atoms with E-state index in [1.165, 1.54) is 0 Å². The molecule has 0 spiro atoms. The van der Waals surface area contributed by atoms with Gasteiger partial charge in [0, 0.05) is 5.33 Å². The average Bonchev–Trinajstić information content (AvgIpc) is 2.37. The van der Waals surface area contributed by atoms with Crippen LogP contribution in [0.1, 0.15) is 26.7 Å². The van der Waals surface area contributed by atoms with E-state index in [1.54, 1.807) is 25.2 Å². The molecule has 0 aromatic heterocycles. The maximum absolute atomic E-state index is 8.48. The highest BCUT2D eigenvalue weighted by Gasteiger charge is 1.94. The number of allylic oxidation sites excluding steroid dienone is 1. The lowest BCUT2D eigenvalue weighted by atomic mass is 10.3. The second-order valence-corrected chi connectivity index (χ2v) is 4.42. The van der Waals surface area contributed by atoms with E-state index in [9.17, 15) is 0 Å². The quantitative estimate of drug-likeness (QED) is 0.517. The summed E-state index contributed by atoms with van der Waals surface area (Å²) in [7, 11) is 0. The number of aliphatic hydroxyl groups excluding tert-OH is 1. The van der Waals surface area contributed by atoms with Crippen LogP contribution in [0.3, 0.4) is 0 Å². The maximum atomic E-state index is 8.48. The molecule has 0 amide bonds. The van der Waals surface area contributed by atoms with Crippen molar-refractivity contribution < 1.29 is 9.84 Å². The predicted molar refractivity (Wildman–Crippen MR) is 90.9 cm³/mol. The Balaban J connectivity index is -0.000000222. The van der Waals surface area contributed by atoms with Crippen molar-refractivity contribution in [1.29, 1.82) is 0 Å². The van der Waals surface area contributed by atoms with Crippen molar-refractivity contribution in [2.24, 2.45) is 0 Å². The molecule has 0 aromatic carbocycles. The van der Waals surface area contributed by atoms with Gasteiger partial charge in [-0.05, 0) is 26.7 Å². The fourth-order valence-electron chi connectivity index (χ4n) is 0.776. The van der Waals surface area contributed by atoms with Crippen molar-refractivity contribution in [1.82, 2.24) is 0 Å². The first-order chi connectivity index (χ1) is 8.99. The second kappa shape index (κ2) is 22.5. The highest BCUT2D eigenvalue weighted by molar-refractivity contribution is 9.09. The zero-order valence-corrected chi connectivity index (χ0v) is 13.9. The summed E-state index contributed by atoms with van der Waals surface area (Å²) in [5.74, 6) is 0. The number of halogens is 1. The normalized spacial score (nSPS) is 11.6. The van der Waals surface area contributed by atoms with Gasteiger partial charge in [-0.15, -0.1) is 26.3 Å². The molecule has 0 saturated carbocycles. The molecule has 0 aliphatic heterocycles. The van der Waals surface area contributed by atoms with Gasteiger partial charge >= 0.3 is 0 Å². The zero-order chi connectivity index (χ0) is 15.5. The third-order valence-corrected chi connectivity index (χ3v) is 2.07. The second-order valence-electron chi connectivity index (χ2n) is 3.77. The van der Waals surface area contributed by atoms with Crippen LogP contribution in [-0.4, -0.2) is 29.3 Å². The Morgan fingerprint density at radius 3 is 1.68 bits per heavy atom. The van der Waals surface area contributed by atoms with Gasteiger partial charge in [-0.3, -0.25) is 0 Å². The molecule has 0 saturated heterocycles. The number of aliphatic hydroxyl groups is 1. The Kier molecular flexibility index (Phi) is 27.8. The SMILES string of the molecule is C=CCBr.C=CCC(C)O.C=CCOC(C)CC=C. The van der Waals surface area contributed by atoms with Crippen LogP contribution in [0, 0.1) is 0 Å². The van der Waals surface area contributed by atoms with Crippen LogP contribution in [0.4, 0.5) is 0 Å². The molecule has 0 bridgehead atoms. The summed E-state index contributed by atoms with van der Waals surface area (Å²) < 4.78 is 5.24. The monoisotopic (exact) mass is 332 g/mol. The minimum atomic E-state index is -0.220. The molecular formula is C16H29BrO2. The van der Waals surface area contributed by atoms with Crippen LogP contribution in [-0.2, 0) is 4.74 Å². The molecule has 0 fully saturated rings. The summed E-state index contributed by atoms with van der Waals surface area (Å²) in [6.07, 6.45) is 8.76. The summed E-state index contributed by atoms with van der Waals surface area (Å²) in [4.78, 5) is 0. The van der Waals surface area contributed by atoms with Crippen LogP contribution in [0.5, 0.6) is 0 Å². The number of ether oxygens (including phenoxy) is 1. The minimum Gasteiger partial charge on any atom is -0.393 e. The molecule has 3 heteroatoms. The van der Waals surface area contributed by atoms with Crippen LogP contribution >= 0.6 is 15.9 Å². The Labute approximate surface area is 127 Å². The van der Waals surface area contributed by atoms with Crippen LogP contribution in [0.15, 0.2) is 50.6 Å². The third kappa shape index (κ3) is 38.2. The molecule has 0 heterocycles. The van der Waals surface area contributed by atoms with Crippen molar-refractivity contribution in [3.63, 3.8) is 0 Å². The molecule has 0 aliphatic rings. The first kappa shape index (κ1) is 23.5. The lowest BCUT2D eigenvalue weighted by molar-refractivity contribution is 0.0909. The van der Waals surface area contributed by atoms with Crippen LogP contribution in [0.25, 0.3) is 0 Å². The molecule has 0 rings (SSSR count). The van der Waals surface area contributed by atoms with Gasteiger partial charge in [0.05, 0.1) is 18.8 Å². The fourth-order valence-corrected chi connectivity index (χ4v) is 0.776. The van der Waals surface area contributed by atoms with E-state index in [-0.39, 0.29) is 12.2 Å². The lowest BCUT2D eigenvalue weighted by Crippen LogP contribution is -2.05. The van der Waals surface area contributed by atoms with Gasteiger partial charge in [-0.1, -0.05) is 40.2 Å². The van der Waals surface area contributed by atoms with Crippen molar-refractivity contribution in [2.45, 2.75) is 38.9 Å². The predicted octanol–water partition coefficient (Wildman–Crippen LogP) is 4.66. The molecule has 0 aliphatic carbocycles. The van der Waals surface area contributed by atoms with Crippen molar-refractivity contribution in [2.75, 3.05) is 11.9 Å². The number of alkyl halides is 1. The topological polar surface area (TPSA) is 29.5 Å². The van der Waals surface area contributed by atoms with E-state index in [0.29, 0.717) is 13.0 Å². The molecule has 19 heavy (non-hydrogen) atoms. The molecular weight excluding hydrogens is 304 g/mol. The standard InChI is InChI=1S/C8H14O.C5H10O.C3H5Br/c1-4-6-8(3)9-7-5-2;1-3-4-5(2)6;1-2-3-4/h4-5,8H,1-2,6-7H2,3H3;3,5-6H,1,4H2,2H3;2H,1,3H2. The molecule has 2 atom stereocenters. The van der Waals surface area contributed by atoms with Crippen molar-refractivity contribution >= 4 is 15.9 Å². The highest BCUT2D eigenvalue weighted by Crippen LogP contribution is 1.96. The minimum absolute atomic E-state index is 0.220. The van der Waals surface area contributed by atoms with E-state index in [1.807, 2.05) is 13.0 Å². The third-order valence-electron chi connectivity index (χ3n) is 1.61. The van der Waals surface area contributed by atoms with Gasteiger partial charge in [0.25, 0.3) is 0 Å². The summed E-state index contributed by atoms with van der Waals surface area (Å²) in [6, 6.07) is 0. The van der Waals surface area contributed by atoms with Gasteiger partial charge in [-0.25, -0.2) is 0 Å². The maximum Gasteiger partial charge on any atom is 0.0648 e. The largest absolute Gasteiger partial charge is 0.393 e. The van der Waals surface area contributed by atoms with Gasteiger partial charge in [0.1, 0.15) is 0 Å². The highest BCUT2D eigenvalue weighted by atomic mass is 79.9. The van der Waals surface area contributed by atoms with E-state index >= 15 is 0 Å². The fraction of sp³-hybridized carbons (Fsp3) is 0.500. The summed E-state index contributed by atoms with van der Waals surface area (Å²) >= 11 is 3.13. The lowest BCUT2D eigenvalue weighted by Gasteiger charge is -2.06. The Bertz CT molecular complexity index is 213. The first-order valence-corrected chi connectivity index (χ1v) is 7.41. The average molecular weight is 333 g/mol. The molecule has 0 aromatic rings. The summed E-state index contributed by atoms with van der Waals surface area (Å²) in [5.41, 5.74) is 0. The Hall–Kier alpha value is -0.640.